The van der Waals surface area contributed by atoms with Crippen LogP contribution in [0, 0.1) is 0 Å². The van der Waals surface area contributed by atoms with Crippen LogP contribution in [-0.2, 0) is 4.79 Å². The Kier molecular flexibility index (Phi) is 8.25. The van der Waals surface area contributed by atoms with Crippen LogP contribution in [0.25, 0.3) is 11.3 Å². The summed E-state index contributed by atoms with van der Waals surface area (Å²) in [5.41, 5.74) is 2.99. The molecule has 0 aliphatic carbocycles. The van der Waals surface area contributed by atoms with Gasteiger partial charge in [0.1, 0.15) is 0 Å². The SMILES string of the molecule is CCCCCCSc1nnc2c(n1)O[C@H](c1ccc(OCC(=O)O)c(OC)c1)Nc1ccccc1-2. The van der Waals surface area contributed by atoms with E-state index in [9.17, 15) is 4.79 Å². The first-order chi connectivity index (χ1) is 17.1. The Morgan fingerprint density at radius 3 is 2.80 bits per heavy atom. The van der Waals surface area contributed by atoms with Crippen LogP contribution in [0.5, 0.6) is 17.4 Å². The minimum absolute atomic E-state index is 0.332. The molecule has 10 heteroatoms. The molecule has 0 saturated carbocycles. The van der Waals surface area contributed by atoms with Crippen molar-refractivity contribution >= 4 is 23.4 Å². The van der Waals surface area contributed by atoms with Gasteiger partial charge in [-0.3, -0.25) is 0 Å². The molecule has 3 aromatic rings. The molecule has 4 rings (SSSR count). The van der Waals surface area contributed by atoms with E-state index >= 15 is 0 Å². The van der Waals surface area contributed by atoms with E-state index < -0.39 is 18.8 Å². The maximum absolute atomic E-state index is 10.9. The van der Waals surface area contributed by atoms with Crippen LogP contribution in [0.4, 0.5) is 5.69 Å². The van der Waals surface area contributed by atoms with Crippen LogP contribution in [0.15, 0.2) is 47.6 Å². The van der Waals surface area contributed by atoms with Gasteiger partial charge in [0.2, 0.25) is 11.0 Å². The molecule has 0 unspecified atom stereocenters. The van der Waals surface area contributed by atoms with Gasteiger partial charge in [0.05, 0.1) is 7.11 Å². The number of methoxy groups -OCH3 is 1. The predicted octanol–water partition coefficient (Wildman–Crippen LogP) is 5.19. The van der Waals surface area contributed by atoms with Crippen molar-refractivity contribution in [1.29, 1.82) is 0 Å². The second-order valence-electron chi connectivity index (χ2n) is 7.94. The van der Waals surface area contributed by atoms with E-state index in [2.05, 4.69) is 27.4 Å². The lowest BCUT2D eigenvalue weighted by Gasteiger charge is -2.20. The van der Waals surface area contributed by atoms with Crippen LogP contribution in [-0.4, -0.2) is 45.7 Å². The number of anilines is 1. The molecule has 0 bridgehead atoms. The highest BCUT2D eigenvalue weighted by molar-refractivity contribution is 7.99. The van der Waals surface area contributed by atoms with E-state index in [0.717, 1.165) is 29.0 Å². The van der Waals surface area contributed by atoms with E-state index in [4.69, 9.17) is 19.3 Å². The molecule has 2 heterocycles. The van der Waals surface area contributed by atoms with Gasteiger partial charge in [-0.15, -0.1) is 10.2 Å². The molecular weight excluding hydrogens is 468 g/mol. The number of ether oxygens (including phenoxy) is 3. The molecule has 0 amide bonds. The summed E-state index contributed by atoms with van der Waals surface area (Å²) in [5.74, 6) is 0.983. The van der Waals surface area contributed by atoms with Crippen molar-refractivity contribution in [2.45, 2.75) is 44.0 Å². The number of fused-ring (bicyclic) bond motifs is 3. The first kappa shape index (κ1) is 24.6. The highest BCUT2D eigenvalue weighted by Gasteiger charge is 2.27. The Balaban J connectivity index is 1.62. The largest absolute Gasteiger partial charge is 0.493 e. The Labute approximate surface area is 208 Å². The van der Waals surface area contributed by atoms with Crippen LogP contribution in [0.2, 0.25) is 0 Å². The molecule has 2 aromatic carbocycles. The van der Waals surface area contributed by atoms with Crippen LogP contribution in [0.1, 0.15) is 44.4 Å². The number of nitrogens with one attached hydrogen (secondary N) is 1. The van der Waals surface area contributed by atoms with Crippen LogP contribution < -0.4 is 19.5 Å². The zero-order chi connectivity index (χ0) is 24.6. The second-order valence-corrected chi connectivity index (χ2v) is 9.00. The van der Waals surface area contributed by atoms with Gasteiger partial charge in [-0.2, -0.15) is 4.98 Å². The van der Waals surface area contributed by atoms with Gasteiger partial charge in [-0.1, -0.05) is 56.1 Å². The Hall–Kier alpha value is -3.53. The third-order valence-electron chi connectivity index (χ3n) is 5.40. The number of aliphatic carboxylic acids is 1. The number of unbranched alkanes of at least 4 members (excludes halogenated alkanes) is 3. The van der Waals surface area contributed by atoms with Gasteiger partial charge >= 0.3 is 5.97 Å². The quantitative estimate of drug-likeness (QED) is 0.271. The summed E-state index contributed by atoms with van der Waals surface area (Å²) < 4.78 is 17.1. The summed E-state index contributed by atoms with van der Waals surface area (Å²) in [4.78, 5) is 15.6. The normalized spacial score (nSPS) is 14.1. The maximum Gasteiger partial charge on any atom is 0.341 e. The van der Waals surface area contributed by atoms with E-state index in [-0.39, 0.29) is 0 Å². The molecule has 184 valence electrons. The average Bonchev–Trinajstić information content (AvgIpc) is 3.03. The molecule has 0 radical (unpaired) electrons. The number of para-hydroxylation sites is 1. The highest BCUT2D eigenvalue weighted by atomic mass is 32.2. The zero-order valence-corrected chi connectivity index (χ0v) is 20.5. The number of hydrogen-bond donors (Lipinski definition) is 2. The van der Waals surface area contributed by atoms with Gasteiger partial charge in [-0.05, 0) is 30.7 Å². The zero-order valence-electron chi connectivity index (χ0n) is 19.7. The number of carboxylic acids is 1. The summed E-state index contributed by atoms with van der Waals surface area (Å²) in [7, 11) is 1.50. The molecule has 0 spiro atoms. The van der Waals surface area contributed by atoms with Gasteiger partial charge < -0.3 is 24.6 Å². The van der Waals surface area contributed by atoms with Gasteiger partial charge in [0, 0.05) is 22.6 Å². The molecule has 1 aromatic heterocycles. The van der Waals surface area contributed by atoms with Crippen molar-refractivity contribution in [2.75, 3.05) is 24.8 Å². The lowest BCUT2D eigenvalue weighted by atomic mass is 10.1. The minimum atomic E-state index is -1.07. The number of rotatable bonds is 11. The topological polar surface area (TPSA) is 116 Å². The second kappa shape index (κ2) is 11.7. The molecular formula is C25H28N4O5S. The number of aromatic nitrogens is 3. The maximum atomic E-state index is 10.9. The molecule has 35 heavy (non-hydrogen) atoms. The third kappa shape index (κ3) is 6.13. The lowest BCUT2D eigenvalue weighted by molar-refractivity contribution is -0.139. The Bertz CT molecular complexity index is 1180. The summed E-state index contributed by atoms with van der Waals surface area (Å²) in [5, 5.41) is 21.7. The number of hydrogen-bond acceptors (Lipinski definition) is 9. The number of benzene rings is 2. The monoisotopic (exact) mass is 496 g/mol. The van der Waals surface area contributed by atoms with Crippen LogP contribution in [0.3, 0.4) is 0 Å². The molecule has 1 aliphatic heterocycles. The molecule has 0 fully saturated rings. The van der Waals surface area contributed by atoms with E-state index in [1.54, 1.807) is 30.0 Å². The van der Waals surface area contributed by atoms with E-state index in [1.165, 1.54) is 26.4 Å². The van der Waals surface area contributed by atoms with Gasteiger partial charge in [0.25, 0.3) is 0 Å². The van der Waals surface area contributed by atoms with Crippen molar-refractivity contribution in [1.82, 2.24) is 15.2 Å². The van der Waals surface area contributed by atoms with Crippen molar-refractivity contribution in [3.8, 4) is 28.6 Å². The summed E-state index contributed by atoms with van der Waals surface area (Å²) in [6, 6.07) is 13.0. The Morgan fingerprint density at radius 2 is 2.00 bits per heavy atom. The van der Waals surface area contributed by atoms with Gasteiger partial charge in [-0.25, -0.2) is 4.79 Å². The fraction of sp³-hybridized carbons (Fsp3) is 0.360. The summed E-state index contributed by atoms with van der Waals surface area (Å²) >= 11 is 1.58. The number of carbonyl (C=O) groups is 1. The average molecular weight is 497 g/mol. The van der Waals surface area contributed by atoms with Crippen molar-refractivity contribution in [3.05, 3.63) is 48.0 Å². The molecule has 9 nitrogen and oxygen atoms in total. The van der Waals surface area contributed by atoms with Crippen molar-refractivity contribution in [3.63, 3.8) is 0 Å². The van der Waals surface area contributed by atoms with Crippen molar-refractivity contribution < 1.29 is 24.1 Å². The smallest absolute Gasteiger partial charge is 0.341 e. The van der Waals surface area contributed by atoms with Crippen molar-refractivity contribution in [2.24, 2.45) is 0 Å². The summed E-state index contributed by atoms with van der Waals surface area (Å²) in [6.07, 6.45) is 4.11. The lowest BCUT2D eigenvalue weighted by Crippen LogP contribution is -2.17. The standard InChI is InChI=1S/C25H28N4O5S/c1-3-4-5-8-13-35-25-27-24-22(28-29-25)17-9-6-7-10-18(17)26-23(34-24)16-11-12-19(20(14-16)32-2)33-15-21(30)31/h6-7,9-12,14,23,26H,3-5,8,13,15H2,1-2H3,(H,30,31)/t23-/m1/s1. The number of nitrogens with zero attached hydrogens (tertiary/aromatic N) is 3. The third-order valence-corrected chi connectivity index (χ3v) is 6.33. The van der Waals surface area contributed by atoms with E-state index in [0.29, 0.717) is 28.2 Å². The fourth-order valence-corrected chi connectivity index (χ4v) is 4.43. The number of carboxylic acid groups (broad SMARTS) is 1. The first-order valence-corrected chi connectivity index (χ1v) is 12.5. The summed E-state index contributed by atoms with van der Waals surface area (Å²) in [6.45, 7) is 1.73. The van der Waals surface area contributed by atoms with E-state index in [1.807, 2.05) is 24.3 Å². The first-order valence-electron chi connectivity index (χ1n) is 11.5. The molecule has 2 N–H and O–H groups in total. The van der Waals surface area contributed by atoms with Crippen LogP contribution >= 0.6 is 11.8 Å². The highest BCUT2D eigenvalue weighted by Crippen LogP contribution is 2.40. The molecule has 1 aliphatic rings. The Morgan fingerprint density at radius 1 is 1.14 bits per heavy atom. The minimum Gasteiger partial charge on any atom is -0.493 e. The fourth-order valence-electron chi connectivity index (χ4n) is 3.66. The molecule has 1 atom stereocenters. The molecule has 0 saturated heterocycles. The van der Waals surface area contributed by atoms with Gasteiger partial charge in [0.15, 0.2) is 30.0 Å². The number of thioether (sulfide) groups is 1. The predicted molar refractivity (Wildman–Crippen MR) is 133 cm³/mol.